The van der Waals surface area contributed by atoms with Crippen molar-refractivity contribution in [3.8, 4) is 0 Å². The predicted octanol–water partition coefficient (Wildman–Crippen LogP) is 3.65. The molecule has 1 fully saturated rings. The van der Waals surface area contributed by atoms with Gasteiger partial charge in [0.25, 0.3) is 0 Å². The van der Waals surface area contributed by atoms with Crippen LogP contribution in [0.25, 0.3) is 0 Å². The lowest BCUT2D eigenvalue weighted by Gasteiger charge is -2.32. The van der Waals surface area contributed by atoms with Gasteiger partial charge in [0.2, 0.25) is 5.91 Å². The van der Waals surface area contributed by atoms with E-state index >= 15 is 0 Å². The Morgan fingerprint density at radius 2 is 2.00 bits per heavy atom. The first kappa shape index (κ1) is 18.9. The van der Waals surface area contributed by atoms with Crippen molar-refractivity contribution in [2.75, 3.05) is 13.1 Å². The number of aryl methyl sites for hydroxylation is 1. The second-order valence-corrected chi connectivity index (χ2v) is 8.41. The maximum atomic E-state index is 12.5. The number of aromatic nitrogens is 1. The van der Waals surface area contributed by atoms with E-state index in [0.29, 0.717) is 0 Å². The van der Waals surface area contributed by atoms with Crippen LogP contribution in [-0.4, -0.2) is 40.2 Å². The Hall–Kier alpha value is -1.85. The lowest BCUT2D eigenvalue weighted by atomic mass is 10.0. The smallest absolute Gasteiger partial charge is 0.233 e. The molecule has 0 spiro atoms. The standard InChI is InChI=1S/C21H27N3OS/c1-16-5-7-20(8-6-16)26-17(2)21(25)23-19-9-12-24(13-10-19)15-18-4-3-11-22-14-18/h3-8,11,14,17,19H,9-10,12-13,15H2,1-2H3,(H,23,25)/t17-/m0/s1. The number of hydrogen-bond donors (Lipinski definition) is 1. The molecule has 0 saturated carbocycles. The van der Waals surface area contributed by atoms with Crippen molar-refractivity contribution in [3.63, 3.8) is 0 Å². The number of likely N-dealkylation sites (tertiary alicyclic amines) is 1. The molecule has 1 amide bonds. The molecule has 1 N–H and O–H groups in total. The van der Waals surface area contributed by atoms with Crippen molar-refractivity contribution in [2.45, 2.75) is 49.4 Å². The molecular formula is C21H27N3OS. The van der Waals surface area contributed by atoms with Gasteiger partial charge in [-0.05, 0) is 50.5 Å². The summed E-state index contributed by atoms with van der Waals surface area (Å²) in [6, 6.07) is 12.7. The van der Waals surface area contributed by atoms with E-state index in [1.807, 2.05) is 19.2 Å². The molecule has 138 valence electrons. The van der Waals surface area contributed by atoms with E-state index in [1.165, 1.54) is 11.1 Å². The van der Waals surface area contributed by atoms with Gasteiger partial charge in [0.15, 0.2) is 0 Å². The fourth-order valence-corrected chi connectivity index (χ4v) is 4.05. The summed E-state index contributed by atoms with van der Waals surface area (Å²) < 4.78 is 0. The van der Waals surface area contributed by atoms with Crippen LogP contribution >= 0.6 is 11.8 Å². The van der Waals surface area contributed by atoms with Crippen LogP contribution in [0.4, 0.5) is 0 Å². The van der Waals surface area contributed by atoms with Crippen LogP contribution in [0.5, 0.6) is 0 Å². The number of hydrogen-bond acceptors (Lipinski definition) is 4. The number of nitrogens with one attached hydrogen (secondary N) is 1. The highest BCUT2D eigenvalue weighted by Gasteiger charge is 2.23. The topological polar surface area (TPSA) is 45.2 Å². The van der Waals surface area contributed by atoms with Crippen LogP contribution in [0.1, 0.15) is 30.9 Å². The summed E-state index contributed by atoms with van der Waals surface area (Å²) in [5, 5.41) is 3.16. The molecule has 1 aromatic heterocycles. The number of benzene rings is 1. The number of carbonyl (C=O) groups is 1. The Morgan fingerprint density at radius 1 is 1.27 bits per heavy atom. The molecule has 0 bridgehead atoms. The summed E-state index contributed by atoms with van der Waals surface area (Å²) in [6.07, 6.45) is 5.75. The summed E-state index contributed by atoms with van der Waals surface area (Å²) >= 11 is 1.62. The monoisotopic (exact) mass is 369 g/mol. The first-order valence-electron chi connectivity index (χ1n) is 9.25. The van der Waals surface area contributed by atoms with Crippen LogP contribution in [-0.2, 0) is 11.3 Å². The van der Waals surface area contributed by atoms with E-state index in [9.17, 15) is 4.79 Å². The van der Waals surface area contributed by atoms with Gasteiger partial charge in [0.1, 0.15) is 0 Å². The van der Waals surface area contributed by atoms with Gasteiger partial charge in [-0.1, -0.05) is 23.8 Å². The van der Waals surface area contributed by atoms with Gasteiger partial charge in [-0.3, -0.25) is 14.7 Å². The van der Waals surface area contributed by atoms with Crippen molar-refractivity contribution in [1.82, 2.24) is 15.2 Å². The van der Waals surface area contributed by atoms with Gasteiger partial charge in [-0.25, -0.2) is 0 Å². The SMILES string of the molecule is Cc1ccc(S[C@@H](C)C(=O)NC2CCN(Cc3cccnc3)CC2)cc1. The van der Waals surface area contributed by atoms with Crippen molar-refractivity contribution in [1.29, 1.82) is 0 Å². The van der Waals surface area contributed by atoms with Gasteiger partial charge < -0.3 is 5.32 Å². The number of pyridine rings is 1. The summed E-state index contributed by atoms with van der Waals surface area (Å²) in [7, 11) is 0. The molecule has 0 aliphatic carbocycles. The highest BCUT2D eigenvalue weighted by Crippen LogP contribution is 2.24. The third-order valence-electron chi connectivity index (χ3n) is 4.77. The first-order valence-corrected chi connectivity index (χ1v) is 10.1. The van der Waals surface area contributed by atoms with Crippen molar-refractivity contribution in [3.05, 3.63) is 59.9 Å². The molecule has 1 atom stereocenters. The Labute approximate surface area is 160 Å². The van der Waals surface area contributed by atoms with Crippen LogP contribution in [0.3, 0.4) is 0 Å². The largest absolute Gasteiger partial charge is 0.352 e. The van der Waals surface area contributed by atoms with Crippen LogP contribution in [0, 0.1) is 6.92 Å². The lowest BCUT2D eigenvalue weighted by molar-refractivity contribution is -0.121. The minimum atomic E-state index is -0.0777. The summed E-state index contributed by atoms with van der Waals surface area (Å²) in [4.78, 5) is 20.3. The molecular weight excluding hydrogens is 342 g/mol. The normalized spacial score (nSPS) is 17.0. The zero-order valence-electron chi connectivity index (χ0n) is 15.5. The number of rotatable bonds is 6. The highest BCUT2D eigenvalue weighted by atomic mass is 32.2. The van der Waals surface area contributed by atoms with Crippen LogP contribution in [0.2, 0.25) is 0 Å². The second-order valence-electron chi connectivity index (χ2n) is 6.99. The van der Waals surface area contributed by atoms with Crippen LogP contribution in [0.15, 0.2) is 53.7 Å². The van der Waals surface area contributed by atoms with Gasteiger partial charge in [-0.15, -0.1) is 11.8 Å². The quantitative estimate of drug-likeness (QED) is 0.790. The predicted molar refractivity (Wildman–Crippen MR) is 107 cm³/mol. The average molecular weight is 370 g/mol. The zero-order chi connectivity index (χ0) is 18.4. The van der Waals surface area contributed by atoms with E-state index in [-0.39, 0.29) is 17.2 Å². The van der Waals surface area contributed by atoms with E-state index in [1.54, 1.807) is 18.0 Å². The van der Waals surface area contributed by atoms with Crippen molar-refractivity contribution >= 4 is 17.7 Å². The maximum absolute atomic E-state index is 12.5. The molecule has 0 unspecified atom stereocenters. The van der Waals surface area contributed by atoms with Crippen molar-refractivity contribution < 1.29 is 4.79 Å². The van der Waals surface area contributed by atoms with Gasteiger partial charge in [0, 0.05) is 43.0 Å². The Kier molecular flexibility index (Phi) is 6.69. The van der Waals surface area contributed by atoms with E-state index < -0.39 is 0 Å². The third kappa shape index (κ3) is 5.58. The number of amides is 1. The number of piperidine rings is 1. The molecule has 1 aliphatic heterocycles. The molecule has 5 heteroatoms. The molecule has 1 aliphatic rings. The van der Waals surface area contributed by atoms with Crippen molar-refractivity contribution in [2.24, 2.45) is 0 Å². The summed E-state index contributed by atoms with van der Waals surface area (Å²) in [6.45, 7) is 7.02. The molecule has 0 radical (unpaired) electrons. The fourth-order valence-electron chi connectivity index (χ4n) is 3.18. The maximum Gasteiger partial charge on any atom is 0.233 e. The van der Waals surface area contributed by atoms with Gasteiger partial charge >= 0.3 is 0 Å². The Balaban J connectivity index is 1.42. The van der Waals surface area contributed by atoms with Crippen LogP contribution < -0.4 is 5.32 Å². The molecule has 26 heavy (non-hydrogen) atoms. The molecule has 2 aromatic rings. The Morgan fingerprint density at radius 3 is 2.65 bits per heavy atom. The molecule has 1 saturated heterocycles. The first-order chi connectivity index (χ1) is 12.6. The molecule has 4 nitrogen and oxygen atoms in total. The van der Waals surface area contributed by atoms with E-state index in [2.05, 4.69) is 52.5 Å². The molecule has 2 heterocycles. The zero-order valence-corrected chi connectivity index (χ0v) is 16.3. The van der Waals surface area contributed by atoms with E-state index in [0.717, 1.165) is 37.4 Å². The summed E-state index contributed by atoms with van der Waals surface area (Å²) in [5.74, 6) is 0.140. The Bertz CT molecular complexity index is 697. The number of thioether (sulfide) groups is 1. The number of carbonyl (C=O) groups excluding carboxylic acids is 1. The minimum Gasteiger partial charge on any atom is -0.352 e. The number of nitrogens with zero attached hydrogens (tertiary/aromatic N) is 2. The average Bonchev–Trinajstić information content (AvgIpc) is 2.66. The minimum absolute atomic E-state index is 0.0777. The van der Waals surface area contributed by atoms with Gasteiger partial charge in [0.05, 0.1) is 5.25 Å². The second kappa shape index (κ2) is 9.19. The molecule has 3 rings (SSSR count). The molecule has 1 aromatic carbocycles. The lowest BCUT2D eigenvalue weighted by Crippen LogP contribution is -2.46. The highest BCUT2D eigenvalue weighted by molar-refractivity contribution is 8.00. The van der Waals surface area contributed by atoms with E-state index in [4.69, 9.17) is 0 Å². The van der Waals surface area contributed by atoms with Gasteiger partial charge in [-0.2, -0.15) is 0 Å². The fraction of sp³-hybridized carbons (Fsp3) is 0.429. The summed E-state index contributed by atoms with van der Waals surface area (Å²) in [5.41, 5.74) is 2.49. The third-order valence-corrected chi connectivity index (χ3v) is 5.88.